The van der Waals surface area contributed by atoms with Gasteiger partial charge in [0.1, 0.15) is 11.2 Å². The van der Waals surface area contributed by atoms with Gasteiger partial charge in [0.25, 0.3) is 0 Å². The zero-order chi connectivity index (χ0) is 20.9. The number of ether oxygens (including phenoxy) is 1. The van der Waals surface area contributed by atoms with Gasteiger partial charge in [-0.25, -0.2) is 0 Å². The molecule has 6 rings (SSSR count). The fourth-order valence-corrected chi connectivity index (χ4v) is 9.99. The van der Waals surface area contributed by atoms with E-state index in [2.05, 4.69) is 13.8 Å². The number of hydrogen-bond acceptors (Lipinski definition) is 5. The lowest BCUT2D eigenvalue weighted by Crippen LogP contribution is -2.61. The van der Waals surface area contributed by atoms with Crippen LogP contribution >= 0.6 is 11.8 Å². The summed E-state index contributed by atoms with van der Waals surface area (Å²) < 4.78 is 11.9. The number of fused-ring (bicyclic) bond motifs is 3. The highest BCUT2D eigenvalue weighted by Gasteiger charge is 2.84. The lowest BCUT2D eigenvalue weighted by molar-refractivity contribution is -0.189. The van der Waals surface area contributed by atoms with Gasteiger partial charge in [-0.05, 0) is 74.2 Å². The van der Waals surface area contributed by atoms with Crippen LogP contribution in [0.3, 0.4) is 0 Å². The number of epoxide rings is 1. The van der Waals surface area contributed by atoms with Crippen LogP contribution in [-0.4, -0.2) is 27.2 Å². The Morgan fingerprint density at radius 2 is 2.00 bits per heavy atom. The maximum Gasteiger partial charge on any atom is 0.186 e. The van der Waals surface area contributed by atoms with E-state index in [1.54, 1.807) is 31.2 Å². The van der Waals surface area contributed by atoms with Gasteiger partial charge in [-0.2, -0.15) is 0 Å². The Kier molecular flexibility index (Phi) is 4.09. The van der Waals surface area contributed by atoms with Crippen LogP contribution in [0, 0.1) is 28.6 Å². The second-order valence-electron chi connectivity index (χ2n) is 11.3. The molecule has 1 aromatic heterocycles. The third-order valence-electron chi connectivity index (χ3n) is 10.5. The molecule has 0 amide bonds. The van der Waals surface area contributed by atoms with Gasteiger partial charge >= 0.3 is 0 Å². The van der Waals surface area contributed by atoms with Crippen LogP contribution in [0.1, 0.15) is 77.7 Å². The SMILES string of the molecule is CC(=O)S[C@H]1CC[C@@]2(C)[C@H](CC[C@@H]3[C@@H]2CC[C@@]2(C)[C@@]34O[C@@H]4C[C@]2(O)c2ccoc2)C1. The van der Waals surface area contributed by atoms with Crippen LogP contribution < -0.4 is 0 Å². The molecule has 0 radical (unpaired) electrons. The molecule has 164 valence electrons. The molecule has 5 aliphatic rings. The summed E-state index contributed by atoms with van der Waals surface area (Å²) in [6.07, 6.45) is 12.5. The third-order valence-corrected chi connectivity index (χ3v) is 11.6. The summed E-state index contributed by atoms with van der Waals surface area (Å²) in [4.78, 5) is 11.7. The second-order valence-corrected chi connectivity index (χ2v) is 12.8. The average molecular weight is 431 g/mol. The van der Waals surface area contributed by atoms with E-state index in [-0.39, 0.29) is 22.2 Å². The topological polar surface area (TPSA) is 63.0 Å². The highest BCUT2D eigenvalue weighted by Crippen LogP contribution is 2.79. The summed E-state index contributed by atoms with van der Waals surface area (Å²) >= 11 is 1.57. The van der Waals surface area contributed by atoms with Crippen molar-refractivity contribution in [3.8, 4) is 0 Å². The van der Waals surface area contributed by atoms with Gasteiger partial charge in [0.05, 0.1) is 18.6 Å². The van der Waals surface area contributed by atoms with Gasteiger partial charge < -0.3 is 14.3 Å². The predicted molar refractivity (Wildman–Crippen MR) is 116 cm³/mol. The lowest BCUT2D eigenvalue weighted by atomic mass is 9.43. The maximum absolute atomic E-state index is 11.9. The Bertz CT molecular complexity index is 869. The highest BCUT2D eigenvalue weighted by molar-refractivity contribution is 8.14. The van der Waals surface area contributed by atoms with E-state index in [1.807, 2.05) is 6.07 Å². The van der Waals surface area contributed by atoms with E-state index < -0.39 is 5.60 Å². The molecule has 9 atom stereocenters. The van der Waals surface area contributed by atoms with E-state index >= 15 is 0 Å². The molecule has 4 nitrogen and oxygen atoms in total. The maximum atomic E-state index is 11.9. The first-order chi connectivity index (χ1) is 14.2. The summed E-state index contributed by atoms with van der Waals surface area (Å²) in [5, 5.41) is 12.7. The molecule has 1 aliphatic heterocycles. The van der Waals surface area contributed by atoms with Gasteiger partial charge in [-0.3, -0.25) is 4.79 Å². The minimum Gasteiger partial charge on any atom is -0.472 e. The normalized spacial score (nSPS) is 53.9. The first kappa shape index (κ1) is 19.9. The van der Waals surface area contributed by atoms with Crippen molar-refractivity contribution in [3.63, 3.8) is 0 Å². The summed E-state index contributed by atoms with van der Waals surface area (Å²) in [7, 11) is 0. The number of rotatable bonds is 2. The zero-order valence-electron chi connectivity index (χ0n) is 18.4. The molecule has 4 saturated carbocycles. The molecule has 2 heterocycles. The van der Waals surface area contributed by atoms with Crippen LogP contribution in [0.25, 0.3) is 0 Å². The lowest BCUT2D eigenvalue weighted by Gasteiger charge is -2.62. The number of carbonyl (C=O) groups excluding carboxylic acids is 1. The fourth-order valence-electron chi connectivity index (χ4n) is 8.96. The monoisotopic (exact) mass is 430 g/mol. The molecule has 0 unspecified atom stereocenters. The standard InChI is InChI=1S/C25H34O4S/c1-15(26)30-18-6-9-22(2)16(12-18)4-5-20-19(22)7-10-23(3)24(27,17-8-11-28-14-17)13-21-25(20,23)29-21/h8,11,14,16,18-21,27H,4-7,9-10,12-13H2,1-3H3/t16-,18+,19+,20-,21-,22+,23-,24+,25-/m1/s1. The largest absolute Gasteiger partial charge is 0.472 e. The first-order valence-corrected chi connectivity index (χ1v) is 12.7. The number of hydrogen-bond donors (Lipinski definition) is 1. The molecule has 5 heteroatoms. The molecule has 0 bridgehead atoms. The van der Waals surface area contributed by atoms with Gasteiger partial charge in [0.15, 0.2) is 5.12 Å². The quantitative estimate of drug-likeness (QED) is 0.646. The van der Waals surface area contributed by atoms with Crippen LogP contribution in [0.15, 0.2) is 23.0 Å². The van der Waals surface area contributed by atoms with Crippen LogP contribution in [0.5, 0.6) is 0 Å². The van der Waals surface area contributed by atoms with Crippen molar-refractivity contribution in [3.05, 3.63) is 24.2 Å². The first-order valence-electron chi connectivity index (χ1n) is 11.8. The predicted octanol–water partition coefficient (Wildman–Crippen LogP) is 5.29. The molecule has 30 heavy (non-hydrogen) atoms. The van der Waals surface area contributed by atoms with Gasteiger partial charge in [0.2, 0.25) is 0 Å². The van der Waals surface area contributed by atoms with Gasteiger partial charge in [-0.15, -0.1) is 0 Å². The molecule has 4 aliphatic carbocycles. The van der Waals surface area contributed by atoms with Crippen molar-refractivity contribution in [2.75, 3.05) is 0 Å². The van der Waals surface area contributed by atoms with Crippen molar-refractivity contribution >= 4 is 16.9 Å². The van der Waals surface area contributed by atoms with E-state index in [9.17, 15) is 9.90 Å². The third kappa shape index (κ3) is 2.25. The molecular formula is C25H34O4S. The number of furan rings is 1. The van der Waals surface area contributed by atoms with Crippen molar-refractivity contribution in [2.24, 2.45) is 28.6 Å². The highest BCUT2D eigenvalue weighted by atomic mass is 32.2. The Labute approximate surface area is 183 Å². The Balaban J connectivity index is 1.31. The van der Waals surface area contributed by atoms with Crippen LogP contribution in [0.2, 0.25) is 0 Å². The van der Waals surface area contributed by atoms with Crippen molar-refractivity contribution in [1.82, 2.24) is 0 Å². The summed E-state index contributed by atoms with van der Waals surface area (Å²) in [6.45, 7) is 6.54. The Morgan fingerprint density at radius 3 is 2.73 bits per heavy atom. The molecule has 5 fully saturated rings. The van der Waals surface area contributed by atoms with Crippen molar-refractivity contribution < 1.29 is 19.1 Å². The molecule has 1 N–H and O–H groups in total. The smallest absolute Gasteiger partial charge is 0.186 e. The van der Waals surface area contributed by atoms with E-state index in [0.717, 1.165) is 24.3 Å². The summed E-state index contributed by atoms with van der Waals surface area (Å²) in [5.74, 6) is 1.93. The average Bonchev–Trinajstić information content (AvgIpc) is 3.07. The number of thioether (sulfide) groups is 1. The van der Waals surface area contributed by atoms with Gasteiger partial charge in [-0.1, -0.05) is 25.6 Å². The van der Waals surface area contributed by atoms with Crippen LogP contribution in [-0.2, 0) is 15.1 Å². The molecule has 0 aromatic carbocycles. The van der Waals surface area contributed by atoms with E-state index in [1.165, 1.54) is 32.1 Å². The minimum absolute atomic E-state index is 0.166. The second kappa shape index (κ2) is 6.17. The molecule has 1 spiro atoms. The van der Waals surface area contributed by atoms with Crippen molar-refractivity contribution in [2.45, 2.75) is 94.7 Å². The minimum atomic E-state index is -0.846. The van der Waals surface area contributed by atoms with E-state index in [4.69, 9.17) is 9.15 Å². The van der Waals surface area contributed by atoms with E-state index in [0.29, 0.717) is 28.9 Å². The van der Waals surface area contributed by atoms with Gasteiger partial charge in [0, 0.05) is 29.6 Å². The zero-order valence-corrected chi connectivity index (χ0v) is 19.2. The number of carbonyl (C=O) groups is 1. The Morgan fingerprint density at radius 1 is 1.17 bits per heavy atom. The summed E-state index contributed by atoms with van der Waals surface area (Å²) in [5.41, 5.74) is 0.0167. The van der Waals surface area contributed by atoms with Crippen LogP contribution in [0.4, 0.5) is 0 Å². The molecule has 1 saturated heterocycles. The Hall–Kier alpha value is -0.780. The number of aliphatic hydroxyl groups is 1. The van der Waals surface area contributed by atoms with Crippen molar-refractivity contribution in [1.29, 1.82) is 0 Å². The summed E-state index contributed by atoms with van der Waals surface area (Å²) in [6, 6.07) is 1.95. The fraction of sp³-hybridized carbons (Fsp3) is 0.800. The molecular weight excluding hydrogens is 396 g/mol. The molecule has 1 aromatic rings.